The number of rotatable bonds is 6. The summed E-state index contributed by atoms with van der Waals surface area (Å²) in [7, 11) is 9.44. The Bertz CT molecular complexity index is 1000. The molecule has 0 saturated carbocycles. The Morgan fingerprint density at radius 1 is 1.04 bits per heavy atom. The summed E-state index contributed by atoms with van der Waals surface area (Å²) in [4.78, 5) is 30.6. The largest absolute Gasteiger partial charge is 0.497 e. The fourth-order valence-corrected chi connectivity index (χ4v) is 2.20. The fourth-order valence-electron chi connectivity index (χ4n) is 2.20. The molecule has 0 unspecified atom stereocenters. The summed E-state index contributed by atoms with van der Waals surface area (Å²) in [5.41, 5.74) is -0.809. The van der Waals surface area contributed by atoms with Crippen LogP contribution in [0.2, 0.25) is 0 Å². The summed E-state index contributed by atoms with van der Waals surface area (Å²) < 4.78 is 12.6. The SMILES string of the molecule is COc1ccc(OC)c(N=Nc2c(/N=C/N(C)C)n(C)c(=O)n(C)c2=O)c1. The molecule has 0 spiro atoms. The van der Waals surface area contributed by atoms with Gasteiger partial charge in [-0.1, -0.05) is 0 Å². The van der Waals surface area contributed by atoms with E-state index in [-0.39, 0.29) is 11.5 Å². The molecule has 1 aromatic carbocycles. The highest BCUT2D eigenvalue weighted by molar-refractivity contribution is 5.66. The maximum Gasteiger partial charge on any atom is 0.332 e. The lowest BCUT2D eigenvalue weighted by molar-refractivity contribution is 0.404. The summed E-state index contributed by atoms with van der Waals surface area (Å²) in [6.07, 6.45) is 1.47. The van der Waals surface area contributed by atoms with Crippen LogP contribution >= 0.6 is 0 Å². The first kappa shape index (κ1) is 19.9. The summed E-state index contributed by atoms with van der Waals surface area (Å²) in [6, 6.07) is 5.02. The van der Waals surface area contributed by atoms with Gasteiger partial charge in [-0.15, -0.1) is 10.2 Å². The van der Waals surface area contributed by atoms with Crippen molar-refractivity contribution in [1.29, 1.82) is 0 Å². The van der Waals surface area contributed by atoms with Crippen LogP contribution < -0.4 is 20.7 Å². The van der Waals surface area contributed by atoms with E-state index in [0.29, 0.717) is 17.2 Å². The van der Waals surface area contributed by atoms with Crippen molar-refractivity contribution in [2.75, 3.05) is 28.3 Å². The van der Waals surface area contributed by atoms with E-state index >= 15 is 0 Å². The molecule has 0 aliphatic heterocycles. The number of aliphatic imine (C=N–C) groups is 1. The van der Waals surface area contributed by atoms with Crippen molar-refractivity contribution in [1.82, 2.24) is 14.0 Å². The highest BCUT2D eigenvalue weighted by Crippen LogP contribution is 2.33. The summed E-state index contributed by atoms with van der Waals surface area (Å²) in [5, 5.41) is 8.18. The van der Waals surface area contributed by atoms with Crippen molar-refractivity contribution in [2.24, 2.45) is 29.3 Å². The first-order valence-corrected chi connectivity index (χ1v) is 7.94. The van der Waals surface area contributed by atoms with Crippen LogP contribution in [0.1, 0.15) is 0 Å². The number of azo groups is 1. The van der Waals surface area contributed by atoms with E-state index in [4.69, 9.17) is 9.47 Å². The van der Waals surface area contributed by atoms with Crippen LogP contribution in [0.5, 0.6) is 11.5 Å². The zero-order valence-corrected chi connectivity index (χ0v) is 16.1. The van der Waals surface area contributed by atoms with E-state index in [0.717, 1.165) is 4.57 Å². The lowest BCUT2D eigenvalue weighted by Gasteiger charge is -2.10. The van der Waals surface area contributed by atoms with Gasteiger partial charge in [0.15, 0.2) is 11.5 Å². The van der Waals surface area contributed by atoms with Gasteiger partial charge in [0.05, 0.1) is 20.6 Å². The molecule has 1 heterocycles. The first-order valence-electron chi connectivity index (χ1n) is 7.94. The molecule has 144 valence electrons. The predicted octanol–water partition coefficient (Wildman–Crippen LogP) is 1.74. The molecule has 10 nitrogen and oxygen atoms in total. The lowest BCUT2D eigenvalue weighted by Crippen LogP contribution is -2.36. The Morgan fingerprint density at radius 2 is 1.74 bits per heavy atom. The van der Waals surface area contributed by atoms with Crippen molar-refractivity contribution in [3.05, 3.63) is 39.0 Å². The second kappa shape index (κ2) is 8.30. The summed E-state index contributed by atoms with van der Waals surface area (Å²) in [5.74, 6) is 1.12. The molecule has 0 amide bonds. The van der Waals surface area contributed by atoms with Crippen LogP contribution in [0.15, 0.2) is 43.0 Å². The summed E-state index contributed by atoms with van der Waals surface area (Å²) >= 11 is 0. The molecule has 0 N–H and O–H groups in total. The quantitative estimate of drug-likeness (QED) is 0.435. The zero-order valence-electron chi connectivity index (χ0n) is 16.1. The van der Waals surface area contributed by atoms with Crippen molar-refractivity contribution in [2.45, 2.75) is 0 Å². The molecule has 27 heavy (non-hydrogen) atoms. The van der Waals surface area contributed by atoms with Crippen LogP contribution in [0.4, 0.5) is 17.2 Å². The highest BCUT2D eigenvalue weighted by Gasteiger charge is 2.15. The highest BCUT2D eigenvalue weighted by atomic mass is 16.5. The number of benzene rings is 1. The van der Waals surface area contributed by atoms with Crippen molar-refractivity contribution < 1.29 is 9.47 Å². The van der Waals surface area contributed by atoms with Gasteiger partial charge in [0.25, 0.3) is 5.56 Å². The fraction of sp³-hybridized carbons (Fsp3) is 0.353. The number of hydrogen-bond donors (Lipinski definition) is 0. The van der Waals surface area contributed by atoms with E-state index in [1.165, 1.54) is 39.2 Å². The summed E-state index contributed by atoms with van der Waals surface area (Å²) in [6.45, 7) is 0. The van der Waals surface area contributed by atoms with Crippen LogP contribution in [-0.2, 0) is 14.1 Å². The molecule has 1 aromatic heterocycles. The number of hydrogen-bond acceptors (Lipinski definition) is 7. The van der Waals surface area contributed by atoms with E-state index in [1.807, 2.05) is 0 Å². The molecule has 2 aromatic rings. The van der Waals surface area contributed by atoms with E-state index < -0.39 is 11.2 Å². The van der Waals surface area contributed by atoms with Gasteiger partial charge in [0, 0.05) is 34.3 Å². The van der Waals surface area contributed by atoms with Gasteiger partial charge < -0.3 is 14.4 Å². The van der Waals surface area contributed by atoms with Crippen molar-refractivity contribution >= 4 is 23.5 Å². The Kier molecular flexibility index (Phi) is 6.11. The molecule has 0 aliphatic rings. The molecular weight excluding hydrogens is 352 g/mol. The minimum absolute atomic E-state index is 0.0671. The third-order valence-corrected chi connectivity index (χ3v) is 3.67. The Hall–Kier alpha value is -3.43. The standard InChI is InChI=1S/C17H22N6O4/c1-21(2)10-18-15-14(16(24)23(4)17(25)22(15)3)20-19-12-9-11(26-5)7-8-13(12)27-6/h7-10H,1-6H3/b18-10+,20-19?. The van der Waals surface area contributed by atoms with E-state index in [9.17, 15) is 9.59 Å². The Labute approximate surface area is 156 Å². The average Bonchev–Trinajstić information content (AvgIpc) is 2.66. The van der Waals surface area contributed by atoms with Crippen LogP contribution in [-0.4, -0.2) is 48.7 Å². The minimum atomic E-state index is -0.602. The molecule has 0 aliphatic carbocycles. The van der Waals surface area contributed by atoms with Crippen LogP contribution in [0.25, 0.3) is 0 Å². The maximum atomic E-state index is 12.6. The molecule has 2 rings (SSSR count). The second-order valence-corrected chi connectivity index (χ2v) is 5.82. The van der Waals surface area contributed by atoms with Crippen molar-refractivity contribution in [3.8, 4) is 11.5 Å². The number of ether oxygens (including phenoxy) is 2. The monoisotopic (exact) mass is 374 g/mol. The second-order valence-electron chi connectivity index (χ2n) is 5.82. The number of aromatic nitrogens is 2. The van der Waals surface area contributed by atoms with Crippen LogP contribution in [0, 0.1) is 0 Å². The van der Waals surface area contributed by atoms with Crippen molar-refractivity contribution in [3.63, 3.8) is 0 Å². The molecule has 0 radical (unpaired) electrons. The van der Waals surface area contributed by atoms with E-state index in [2.05, 4.69) is 15.2 Å². The molecule has 0 bridgehead atoms. The molecule has 0 atom stereocenters. The van der Waals surface area contributed by atoms with Crippen LogP contribution in [0.3, 0.4) is 0 Å². The Balaban J connectivity index is 2.67. The first-order chi connectivity index (χ1) is 12.8. The Morgan fingerprint density at radius 3 is 2.33 bits per heavy atom. The number of methoxy groups -OCH3 is 2. The van der Waals surface area contributed by atoms with E-state index in [1.54, 1.807) is 37.2 Å². The molecule has 0 fully saturated rings. The van der Waals surface area contributed by atoms with Gasteiger partial charge in [-0.2, -0.15) is 0 Å². The average molecular weight is 374 g/mol. The normalized spacial score (nSPS) is 11.3. The van der Waals surface area contributed by atoms with Gasteiger partial charge in [-0.3, -0.25) is 13.9 Å². The third-order valence-electron chi connectivity index (χ3n) is 3.67. The maximum absolute atomic E-state index is 12.6. The van der Waals surface area contributed by atoms with Gasteiger partial charge >= 0.3 is 5.69 Å². The number of nitrogens with zero attached hydrogens (tertiary/aromatic N) is 6. The van der Waals surface area contributed by atoms with Gasteiger partial charge in [0.1, 0.15) is 17.2 Å². The van der Waals surface area contributed by atoms with Gasteiger partial charge in [-0.25, -0.2) is 9.79 Å². The molecule has 10 heteroatoms. The van der Waals surface area contributed by atoms with Gasteiger partial charge in [-0.05, 0) is 12.1 Å². The third kappa shape index (κ3) is 4.22. The minimum Gasteiger partial charge on any atom is -0.497 e. The van der Waals surface area contributed by atoms with Gasteiger partial charge in [0.2, 0.25) is 0 Å². The smallest absolute Gasteiger partial charge is 0.332 e. The topological polar surface area (TPSA) is 103 Å². The predicted molar refractivity (Wildman–Crippen MR) is 102 cm³/mol. The molecular formula is C17H22N6O4. The lowest BCUT2D eigenvalue weighted by atomic mass is 10.3. The zero-order chi connectivity index (χ0) is 20.1. The molecule has 0 saturated heterocycles.